The Kier molecular flexibility index (Phi) is 10.9. The van der Waals surface area contributed by atoms with Gasteiger partial charge < -0.3 is 15.0 Å². The first-order chi connectivity index (χ1) is 19.5. The molecule has 0 aliphatic rings. The van der Waals surface area contributed by atoms with Crippen LogP contribution < -0.4 is 14.4 Å². The van der Waals surface area contributed by atoms with Crippen molar-refractivity contribution in [3.63, 3.8) is 0 Å². The number of rotatable bonds is 13. The lowest BCUT2D eigenvalue weighted by Crippen LogP contribution is -2.53. The Balaban J connectivity index is 2.11. The summed E-state index contributed by atoms with van der Waals surface area (Å²) in [6.07, 6.45) is 0.358. The molecule has 0 spiro atoms. The molecule has 3 aromatic carbocycles. The number of benzene rings is 3. The average Bonchev–Trinajstić information content (AvgIpc) is 2.93. The lowest BCUT2D eigenvalue weighted by atomic mass is 10.1. The van der Waals surface area contributed by atoms with E-state index in [1.807, 2.05) is 65.8 Å². The Morgan fingerprint density at radius 2 is 1.46 bits per heavy atom. The number of amides is 2. The smallest absolute Gasteiger partial charge is 0.264 e. The molecule has 0 saturated heterocycles. The van der Waals surface area contributed by atoms with Crippen LogP contribution in [0.25, 0.3) is 0 Å². The van der Waals surface area contributed by atoms with Gasteiger partial charge in [0, 0.05) is 12.6 Å². The molecule has 0 fully saturated rings. The minimum atomic E-state index is -4.19. The standard InChI is InChI=1S/C32H41N3O5S/c1-7-28(32(37)33-23(3)4)34(21-26-17-13-24(5)14-18-26)31(36)22-35(29-11-9-10-12-30(29)40-8-2)41(38,39)27-19-15-25(6)16-20-27/h9-20,23,28H,7-8,21-22H2,1-6H3,(H,33,37). The van der Waals surface area contributed by atoms with E-state index in [0.717, 1.165) is 21.0 Å². The van der Waals surface area contributed by atoms with E-state index in [2.05, 4.69) is 5.32 Å². The van der Waals surface area contributed by atoms with E-state index < -0.39 is 28.5 Å². The second-order valence-electron chi connectivity index (χ2n) is 10.3. The lowest BCUT2D eigenvalue weighted by Gasteiger charge is -2.34. The van der Waals surface area contributed by atoms with Crippen LogP contribution in [-0.4, -0.2) is 50.4 Å². The number of carbonyl (C=O) groups excluding carboxylic acids is 2. The van der Waals surface area contributed by atoms with Crippen LogP contribution in [0.1, 0.15) is 50.8 Å². The minimum Gasteiger partial charge on any atom is -0.492 e. The predicted molar refractivity (Wildman–Crippen MR) is 162 cm³/mol. The zero-order valence-electron chi connectivity index (χ0n) is 24.8. The van der Waals surface area contributed by atoms with E-state index in [-0.39, 0.29) is 29.1 Å². The van der Waals surface area contributed by atoms with Crippen LogP contribution in [-0.2, 0) is 26.2 Å². The van der Waals surface area contributed by atoms with Gasteiger partial charge in [-0.3, -0.25) is 13.9 Å². The molecule has 0 aromatic heterocycles. The number of carbonyl (C=O) groups is 2. The molecule has 9 heteroatoms. The molecule has 8 nitrogen and oxygen atoms in total. The van der Waals surface area contributed by atoms with Crippen molar-refractivity contribution in [2.24, 2.45) is 0 Å². The van der Waals surface area contributed by atoms with E-state index >= 15 is 0 Å². The predicted octanol–water partition coefficient (Wildman–Crippen LogP) is 5.23. The second kappa shape index (κ2) is 14.2. The summed E-state index contributed by atoms with van der Waals surface area (Å²) in [5.41, 5.74) is 3.06. The molecular weight excluding hydrogens is 538 g/mol. The van der Waals surface area contributed by atoms with E-state index in [0.29, 0.717) is 18.8 Å². The molecule has 3 aromatic rings. The Morgan fingerprint density at radius 1 is 0.878 bits per heavy atom. The molecule has 0 heterocycles. The van der Waals surface area contributed by atoms with Gasteiger partial charge in [-0.15, -0.1) is 0 Å². The zero-order chi connectivity index (χ0) is 30.2. The van der Waals surface area contributed by atoms with Gasteiger partial charge in [0.25, 0.3) is 10.0 Å². The lowest BCUT2D eigenvalue weighted by molar-refractivity contribution is -0.140. The molecule has 0 aliphatic carbocycles. The van der Waals surface area contributed by atoms with Crippen LogP contribution in [0.4, 0.5) is 5.69 Å². The van der Waals surface area contributed by atoms with Gasteiger partial charge in [-0.25, -0.2) is 8.42 Å². The van der Waals surface area contributed by atoms with Gasteiger partial charge >= 0.3 is 0 Å². The molecule has 2 amide bonds. The molecule has 0 aliphatic heterocycles. The third-order valence-corrected chi connectivity index (χ3v) is 8.39. The van der Waals surface area contributed by atoms with Crippen molar-refractivity contribution in [3.8, 4) is 5.75 Å². The van der Waals surface area contributed by atoms with Gasteiger partial charge in [0.1, 0.15) is 18.3 Å². The fourth-order valence-electron chi connectivity index (χ4n) is 4.48. The normalized spacial score (nSPS) is 12.1. The summed E-state index contributed by atoms with van der Waals surface area (Å²) in [4.78, 5) is 29.0. The first-order valence-corrected chi connectivity index (χ1v) is 15.4. The van der Waals surface area contributed by atoms with Crippen LogP contribution in [0.15, 0.2) is 77.7 Å². The molecular formula is C32H41N3O5S. The summed E-state index contributed by atoms with van der Waals surface area (Å²) >= 11 is 0. The summed E-state index contributed by atoms with van der Waals surface area (Å²) in [5.74, 6) is -0.447. The summed E-state index contributed by atoms with van der Waals surface area (Å²) in [5, 5.41) is 2.91. The molecule has 1 unspecified atom stereocenters. The maximum absolute atomic E-state index is 14.2. The summed E-state index contributed by atoms with van der Waals surface area (Å²) < 4.78 is 35.0. The van der Waals surface area contributed by atoms with Crippen molar-refractivity contribution in [1.82, 2.24) is 10.2 Å². The van der Waals surface area contributed by atoms with Gasteiger partial charge in [0.05, 0.1) is 17.2 Å². The summed E-state index contributed by atoms with van der Waals surface area (Å²) in [6.45, 7) is 11.2. The second-order valence-corrected chi connectivity index (χ2v) is 12.2. The van der Waals surface area contributed by atoms with Crippen LogP contribution in [0.3, 0.4) is 0 Å². The maximum Gasteiger partial charge on any atom is 0.264 e. The van der Waals surface area contributed by atoms with E-state index in [1.54, 1.807) is 36.4 Å². The molecule has 0 bridgehead atoms. The van der Waals surface area contributed by atoms with Gasteiger partial charge in [0.2, 0.25) is 11.8 Å². The average molecular weight is 580 g/mol. The monoisotopic (exact) mass is 579 g/mol. The van der Waals surface area contributed by atoms with Crippen molar-refractivity contribution in [1.29, 1.82) is 0 Å². The third-order valence-electron chi connectivity index (χ3n) is 6.61. The highest BCUT2D eigenvalue weighted by molar-refractivity contribution is 7.92. The van der Waals surface area contributed by atoms with Crippen molar-refractivity contribution >= 4 is 27.5 Å². The first-order valence-electron chi connectivity index (χ1n) is 13.9. The Labute approximate surface area is 244 Å². The number of ether oxygens (including phenoxy) is 1. The number of nitrogens with zero attached hydrogens (tertiary/aromatic N) is 2. The molecule has 1 atom stereocenters. The largest absolute Gasteiger partial charge is 0.492 e. The van der Waals surface area contributed by atoms with Crippen molar-refractivity contribution < 1.29 is 22.7 Å². The number of hydrogen-bond donors (Lipinski definition) is 1. The number of sulfonamides is 1. The van der Waals surface area contributed by atoms with Crippen molar-refractivity contribution in [2.75, 3.05) is 17.5 Å². The molecule has 3 rings (SSSR count). The molecule has 0 saturated carbocycles. The highest BCUT2D eigenvalue weighted by atomic mass is 32.2. The quantitative estimate of drug-likeness (QED) is 0.299. The Hall–Kier alpha value is -3.85. The number of anilines is 1. The van der Waals surface area contributed by atoms with Gasteiger partial charge in [-0.1, -0.05) is 66.6 Å². The summed E-state index contributed by atoms with van der Waals surface area (Å²) in [7, 11) is -4.19. The molecule has 220 valence electrons. The van der Waals surface area contributed by atoms with E-state index in [4.69, 9.17) is 4.74 Å². The fourth-order valence-corrected chi connectivity index (χ4v) is 5.91. The highest BCUT2D eigenvalue weighted by Crippen LogP contribution is 2.33. The first kappa shape index (κ1) is 31.7. The van der Waals surface area contributed by atoms with Gasteiger partial charge in [0.15, 0.2) is 0 Å². The van der Waals surface area contributed by atoms with Crippen LogP contribution in [0.5, 0.6) is 5.75 Å². The molecule has 0 radical (unpaired) electrons. The Bertz CT molecular complexity index is 1420. The number of para-hydroxylation sites is 2. The SMILES string of the molecule is CCOc1ccccc1N(CC(=O)N(Cc1ccc(C)cc1)C(CC)C(=O)NC(C)C)S(=O)(=O)c1ccc(C)cc1. The third kappa shape index (κ3) is 8.10. The van der Waals surface area contributed by atoms with E-state index in [9.17, 15) is 18.0 Å². The van der Waals surface area contributed by atoms with Crippen molar-refractivity contribution in [3.05, 3.63) is 89.5 Å². The molecule has 41 heavy (non-hydrogen) atoms. The minimum absolute atomic E-state index is 0.0527. The highest BCUT2D eigenvalue weighted by Gasteiger charge is 2.34. The van der Waals surface area contributed by atoms with Crippen molar-refractivity contribution in [2.45, 2.75) is 71.5 Å². The van der Waals surface area contributed by atoms with Gasteiger partial charge in [-0.05, 0) is 70.9 Å². The fraction of sp³-hybridized carbons (Fsp3) is 0.375. The number of hydrogen-bond acceptors (Lipinski definition) is 5. The maximum atomic E-state index is 14.2. The number of aryl methyl sites for hydroxylation is 2. The summed E-state index contributed by atoms with van der Waals surface area (Å²) in [6, 6.07) is 20.0. The van der Waals surface area contributed by atoms with Crippen LogP contribution in [0, 0.1) is 13.8 Å². The van der Waals surface area contributed by atoms with Crippen LogP contribution >= 0.6 is 0 Å². The Morgan fingerprint density at radius 3 is 2.02 bits per heavy atom. The molecule has 1 N–H and O–H groups in total. The van der Waals surface area contributed by atoms with Gasteiger partial charge in [-0.2, -0.15) is 0 Å². The zero-order valence-corrected chi connectivity index (χ0v) is 25.6. The topological polar surface area (TPSA) is 96.0 Å². The van der Waals surface area contributed by atoms with Crippen LogP contribution in [0.2, 0.25) is 0 Å². The van der Waals surface area contributed by atoms with E-state index in [1.165, 1.54) is 17.0 Å². The number of nitrogens with one attached hydrogen (secondary N) is 1.